The van der Waals surface area contributed by atoms with Crippen LogP contribution in [0.5, 0.6) is 5.75 Å². The van der Waals surface area contributed by atoms with Gasteiger partial charge in [0, 0.05) is 43.5 Å². The molecular formula is C28H26F3N3O5. The smallest absolute Gasteiger partial charge is 0.274 e. The third-order valence-electron chi connectivity index (χ3n) is 7.06. The molecule has 0 spiro atoms. The van der Waals surface area contributed by atoms with Crippen molar-refractivity contribution in [3.05, 3.63) is 98.7 Å². The van der Waals surface area contributed by atoms with Gasteiger partial charge >= 0.3 is 0 Å². The Morgan fingerprint density at radius 3 is 2.54 bits per heavy atom. The van der Waals surface area contributed by atoms with E-state index in [1.807, 2.05) is 6.07 Å². The highest BCUT2D eigenvalue weighted by atomic mass is 19.1. The largest absolute Gasteiger partial charge is 0.483 e. The maximum Gasteiger partial charge on any atom is 0.274 e. The van der Waals surface area contributed by atoms with Gasteiger partial charge in [-0.15, -0.1) is 0 Å². The van der Waals surface area contributed by atoms with E-state index in [2.05, 4.69) is 5.32 Å². The van der Waals surface area contributed by atoms with Crippen molar-refractivity contribution in [1.82, 2.24) is 14.8 Å². The maximum atomic E-state index is 14.1. The number of hydrogen-bond donors (Lipinski definition) is 2. The molecule has 11 heteroatoms. The fourth-order valence-corrected chi connectivity index (χ4v) is 5.04. The lowest BCUT2D eigenvalue weighted by molar-refractivity contribution is 0.0202. The summed E-state index contributed by atoms with van der Waals surface area (Å²) in [7, 11) is 0. The minimum absolute atomic E-state index is 0.0305. The molecule has 204 valence electrons. The molecule has 39 heavy (non-hydrogen) atoms. The van der Waals surface area contributed by atoms with Crippen molar-refractivity contribution >= 4 is 11.8 Å². The van der Waals surface area contributed by atoms with Gasteiger partial charge in [-0.1, -0.05) is 30.3 Å². The predicted molar refractivity (Wildman–Crippen MR) is 134 cm³/mol. The molecule has 1 fully saturated rings. The summed E-state index contributed by atoms with van der Waals surface area (Å²) in [6.07, 6.45) is 2.08. The second-order valence-corrected chi connectivity index (χ2v) is 10.1. The average Bonchev–Trinajstić information content (AvgIpc) is 3.02. The molecular weight excluding hydrogens is 515 g/mol. The van der Waals surface area contributed by atoms with E-state index in [-0.39, 0.29) is 42.7 Å². The Hall–Kier alpha value is -4.12. The molecule has 2 N–H and O–H groups in total. The molecule has 0 radical (unpaired) electrons. The van der Waals surface area contributed by atoms with Crippen LogP contribution in [0.15, 0.2) is 53.5 Å². The van der Waals surface area contributed by atoms with Gasteiger partial charge in [-0.3, -0.25) is 14.4 Å². The molecule has 1 saturated heterocycles. The molecule has 0 saturated carbocycles. The molecule has 2 amide bonds. The van der Waals surface area contributed by atoms with Crippen molar-refractivity contribution in [2.45, 2.75) is 44.6 Å². The van der Waals surface area contributed by atoms with E-state index in [4.69, 9.17) is 4.74 Å². The standard InChI is InChI=1S/C28H26F3N3O5/c1-28(38)8-7-18-12-33(15-28)27(37)23-25(39-14-16-5-3-2-4-6-16)24(35)20(13-34(18)23)26(36)32-11-19-21(30)9-17(29)10-22(19)31/h2-6,9-10,13,18,38H,7-8,11-12,14-15H2,1H3,(H,32,36)/t18-,28-/m0/s1. The van der Waals surface area contributed by atoms with Crippen molar-refractivity contribution in [3.63, 3.8) is 0 Å². The van der Waals surface area contributed by atoms with Gasteiger partial charge in [0.2, 0.25) is 5.43 Å². The number of pyridine rings is 1. The number of amides is 2. The Kier molecular flexibility index (Phi) is 6.94. The van der Waals surface area contributed by atoms with Crippen LogP contribution in [-0.2, 0) is 13.2 Å². The number of fused-ring (bicyclic) bond motifs is 4. The Labute approximate surface area is 221 Å². The second kappa shape index (κ2) is 10.2. The Morgan fingerprint density at radius 2 is 1.85 bits per heavy atom. The fourth-order valence-electron chi connectivity index (χ4n) is 5.04. The van der Waals surface area contributed by atoms with Crippen LogP contribution in [0.25, 0.3) is 0 Å². The molecule has 2 aliphatic heterocycles. The summed E-state index contributed by atoms with van der Waals surface area (Å²) in [5.41, 5.74) is -2.27. The third kappa shape index (κ3) is 5.26. The van der Waals surface area contributed by atoms with Gasteiger partial charge < -0.3 is 24.6 Å². The van der Waals surface area contributed by atoms with Crippen molar-refractivity contribution in [1.29, 1.82) is 0 Å². The molecule has 2 atom stereocenters. The lowest BCUT2D eigenvalue weighted by atomic mass is 9.99. The molecule has 0 unspecified atom stereocenters. The van der Waals surface area contributed by atoms with Crippen LogP contribution >= 0.6 is 0 Å². The summed E-state index contributed by atoms with van der Waals surface area (Å²) in [4.78, 5) is 41.7. The first-order valence-corrected chi connectivity index (χ1v) is 12.4. The summed E-state index contributed by atoms with van der Waals surface area (Å²) in [5.74, 6) is -5.26. The van der Waals surface area contributed by atoms with Crippen LogP contribution in [-0.4, -0.2) is 45.1 Å². The lowest BCUT2D eigenvalue weighted by Crippen LogP contribution is -2.48. The van der Waals surface area contributed by atoms with Crippen LogP contribution in [0.3, 0.4) is 0 Å². The minimum atomic E-state index is -1.18. The second-order valence-electron chi connectivity index (χ2n) is 10.1. The normalized spacial score (nSPS) is 20.3. The zero-order valence-electron chi connectivity index (χ0n) is 21.0. The van der Waals surface area contributed by atoms with Gasteiger partial charge in [-0.05, 0) is 25.3 Å². The zero-order valence-corrected chi connectivity index (χ0v) is 21.0. The van der Waals surface area contributed by atoms with Gasteiger partial charge in [-0.25, -0.2) is 13.2 Å². The average molecular weight is 542 g/mol. The van der Waals surface area contributed by atoms with Crippen molar-refractivity contribution in [3.8, 4) is 5.75 Å². The predicted octanol–water partition coefficient (Wildman–Crippen LogP) is 3.32. The molecule has 2 bridgehead atoms. The van der Waals surface area contributed by atoms with E-state index < -0.39 is 52.4 Å². The van der Waals surface area contributed by atoms with Crippen molar-refractivity contribution in [2.75, 3.05) is 13.1 Å². The van der Waals surface area contributed by atoms with Crippen molar-refractivity contribution in [2.24, 2.45) is 0 Å². The van der Waals surface area contributed by atoms with E-state index in [0.717, 1.165) is 5.56 Å². The number of aliphatic hydroxyl groups is 1. The highest BCUT2D eigenvalue weighted by Crippen LogP contribution is 2.35. The van der Waals surface area contributed by atoms with E-state index in [1.54, 1.807) is 31.2 Å². The van der Waals surface area contributed by atoms with E-state index in [0.29, 0.717) is 25.0 Å². The van der Waals surface area contributed by atoms with Gasteiger partial charge in [0.1, 0.15) is 29.6 Å². The number of ether oxygens (including phenoxy) is 1. The molecule has 1 aromatic heterocycles. The number of halogens is 3. The molecule has 3 heterocycles. The summed E-state index contributed by atoms with van der Waals surface area (Å²) in [6.45, 7) is 1.27. The minimum Gasteiger partial charge on any atom is -0.483 e. The van der Waals surface area contributed by atoms with Gasteiger partial charge in [0.15, 0.2) is 11.4 Å². The highest BCUT2D eigenvalue weighted by molar-refractivity contribution is 5.99. The van der Waals surface area contributed by atoms with Crippen LogP contribution < -0.4 is 15.5 Å². The number of rotatable bonds is 6. The van der Waals surface area contributed by atoms with Crippen LogP contribution in [0.2, 0.25) is 0 Å². The Balaban J connectivity index is 1.54. The molecule has 2 aliphatic rings. The first-order chi connectivity index (χ1) is 18.5. The topological polar surface area (TPSA) is 101 Å². The molecule has 8 nitrogen and oxygen atoms in total. The number of hydrogen-bond acceptors (Lipinski definition) is 5. The molecule has 3 aromatic rings. The van der Waals surface area contributed by atoms with Gasteiger partial charge in [0.25, 0.3) is 11.8 Å². The van der Waals surface area contributed by atoms with Crippen LogP contribution in [0, 0.1) is 17.5 Å². The van der Waals surface area contributed by atoms with Crippen LogP contribution in [0.4, 0.5) is 13.2 Å². The quantitative estimate of drug-likeness (QED) is 0.499. The maximum absolute atomic E-state index is 14.1. The number of carbonyl (C=O) groups excluding carboxylic acids is 2. The first-order valence-electron chi connectivity index (χ1n) is 12.4. The Bertz CT molecular complexity index is 1480. The highest BCUT2D eigenvalue weighted by Gasteiger charge is 2.41. The number of carbonyl (C=O) groups is 2. The molecule has 2 aromatic carbocycles. The monoisotopic (exact) mass is 541 g/mol. The first kappa shape index (κ1) is 26.5. The van der Waals surface area contributed by atoms with E-state index >= 15 is 0 Å². The fraction of sp³-hybridized carbons (Fsp3) is 0.321. The Morgan fingerprint density at radius 1 is 1.15 bits per heavy atom. The SMILES string of the molecule is C[C@]1(O)CC[C@H]2CN(C1)C(=O)c1c(OCc3ccccc3)c(=O)c(C(=O)NCc3c(F)cc(F)cc3F)cn12. The van der Waals surface area contributed by atoms with Gasteiger partial charge in [0.05, 0.1) is 11.6 Å². The summed E-state index contributed by atoms with van der Waals surface area (Å²) in [6, 6.07) is 9.55. The number of aromatic nitrogens is 1. The number of benzene rings is 2. The van der Waals surface area contributed by atoms with E-state index in [9.17, 15) is 32.7 Å². The van der Waals surface area contributed by atoms with Crippen molar-refractivity contribution < 1.29 is 32.6 Å². The number of nitrogens with zero attached hydrogens (tertiary/aromatic N) is 2. The molecule has 5 rings (SSSR count). The van der Waals surface area contributed by atoms with Crippen LogP contribution in [0.1, 0.15) is 57.8 Å². The molecule has 0 aliphatic carbocycles. The third-order valence-corrected chi connectivity index (χ3v) is 7.06. The van der Waals surface area contributed by atoms with E-state index in [1.165, 1.54) is 15.7 Å². The number of nitrogens with one attached hydrogen (secondary N) is 1. The zero-order chi connectivity index (χ0) is 27.9. The summed E-state index contributed by atoms with van der Waals surface area (Å²) < 4.78 is 48.9. The lowest BCUT2D eigenvalue weighted by Gasteiger charge is -2.36. The van der Waals surface area contributed by atoms with Gasteiger partial charge in [-0.2, -0.15) is 0 Å². The summed E-state index contributed by atoms with van der Waals surface area (Å²) in [5, 5.41) is 13.0. The summed E-state index contributed by atoms with van der Waals surface area (Å²) >= 11 is 0.